The van der Waals surface area contributed by atoms with Crippen LogP contribution >= 0.6 is 0 Å². The predicted molar refractivity (Wildman–Crippen MR) is 67.3 cm³/mol. The third kappa shape index (κ3) is 3.22. The van der Waals surface area contributed by atoms with Crippen LogP contribution in [0.25, 0.3) is 0 Å². The van der Waals surface area contributed by atoms with Crippen molar-refractivity contribution in [1.82, 2.24) is 4.98 Å². The Kier molecular flexibility index (Phi) is 4.28. The molecule has 0 saturated carbocycles. The molecule has 0 aliphatic heterocycles. The summed E-state index contributed by atoms with van der Waals surface area (Å²) in [5.41, 5.74) is -0.0922. The molecule has 1 rings (SSSR count). The van der Waals surface area contributed by atoms with Crippen molar-refractivity contribution in [3.63, 3.8) is 0 Å². The molecule has 0 saturated heterocycles. The molecule has 88 valence electrons. The van der Waals surface area contributed by atoms with Gasteiger partial charge in [0.1, 0.15) is 0 Å². The maximum atomic E-state index is 11.1. The molecule has 1 aromatic rings. The molecular formula is C12H20N3O+. The molecule has 0 bridgehead atoms. The lowest BCUT2D eigenvalue weighted by Gasteiger charge is -2.12. The molecule has 16 heavy (non-hydrogen) atoms. The lowest BCUT2D eigenvalue weighted by molar-refractivity contribution is -0.555. The van der Waals surface area contributed by atoms with Crippen LogP contribution in [0.1, 0.15) is 27.7 Å². The van der Waals surface area contributed by atoms with Crippen molar-refractivity contribution in [3.8, 4) is 0 Å². The zero-order valence-corrected chi connectivity index (χ0v) is 10.4. The minimum absolute atomic E-state index is 0.0922. The molecule has 1 heterocycles. The van der Waals surface area contributed by atoms with Crippen molar-refractivity contribution in [2.24, 2.45) is 0 Å². The van der Waals surface area contributed by atoms with Crippen molar-refractivity contribution in [2.45, 2.75) is 33.7 Å². The summed E-state index contributed by atoms with van der Waals surface area (Å²) >= 11 is 0. The van der Waals surface area contributed by atoms with E-state index >= 15 is 0 Å². The smallest absolute Gasteiger partial charge is 0.251 e. The van der Waals surface area contributed by atoms with Gasteiger partial charge < -0.3 is 0 Å². The van der Waals surface area contributed by atoms with Gasteiger partial charge in [-0.15, -0.1) is 0 Å². The van der Waals surface area contributed by atoms with Crippen LogP contribution in [0.15, 0.2) is 23.0 Å². The maximum absolute atomic E-state index is 11.1. The Bertz CT molecular complexity index is 432. The van der Waals surface area contributed by atoms with E-state index in [-0.39, 0.29) is 5.56 Å². The molecule has 0 aliphatic rings. The number of anilines is 1. The normalized spacial score (nSPS) is 12.6. The van der Waals surface area contributed by atoms with Gasteiger partial charge in [0, 0.05) is 19.1 Å². The monoisotopic (exact) mass is 222 g/mol. The summed E-state index contributed by atoms with van der Waals surface area (Å²) in [6.07, 6.45) is 0. The van der Waals surface area contributed by atoms with E-state index in [0.29, 0.717) is 6.04 Å². The fourth-order valence-corrected chi connectivity index (χ4v) is 1.78. The van der Waals surface area contributed by atoms with Crippen LogP contribution in [-0.4, -0.2) is 28.0 Å². The highest BCUT2D eigenvalue weighted by molar-refractivity contribution is 5.88. The lowest BCUT2D eigenvalue weighted by atomic mass is 10.3. The Morgan fingerprint density at radius 3 is 2.69 bits per heavy atom. The van der Waals surface area contributed by atoms with E-state index in [2.05, 4.69) is 35.6 Å². The minimum Gasteiger partial charge on any atom is -0.289 e. The van der Waals surface area contributed by atoms with E-state index in [1.165, 1.54) is 6.07 Å². The number of pyridine rings is 1. The number of nitrogens with zero attached hydrogens (tertiary/aromatic N) is 1. The number of H-pyrrole nitrogens is 1. The number of rotatable bonds is 3. The largest absolute Gasteiger partial charge is 0.289 e. The highest BCUT2D eigenvalue weighted by Gasteiger charge is 2.10. The number of hydrogen-bond acceptors (Lipinski definition) is 1. The molecule has 0 amide bonds. The zero-order chi connectivity index (χ0) is 12.1. The van der Waals surface area contributed by atoms with E-state index in [0.717, 1.165) is 18.2 Å². The Morgan fingerprint density at radius 2 is 2.19 bits per heavy atom. The van der Waals surface area contributed by atoms with Crippen molar-refractivity contribution < 1.29 is 4.58 Å². The first-order chi connectivity index (χ1) is 7.54. The first-order valence-corrected chi connectivity index (χ1v) is 5.61. The van der Waals surface area contributed by atoms with E-state index in [1.807, 2.05) is 13.0 Å². The van der Waals surface area contributed by atoms with Gasteiger partial charge >= 0.3 is 0 Å². The van der Waals surface area contributed by atoms with Gasteiger partial charge in [0.25, 0.3) is 5.56 Å². The topological polar surface area (TPSA) is 47.9 Å². The molecule has 0 aliphatic carbocycles. The average Bonchev–Trinajstić information content (AvgIpc) is 2.17. The third-order valence-corrected chi connectivity index (χ3v) is 2.48. The number of nitrogens with one attached hydrogen (secondary N) is 2. The second kappa shape index (κ2) is 5.49. The molecule has 1 aromatic heterocycles. The highest BCUT2D eigenvalue weighted by Crippen LogP contribution is 1.99. The Morgan fingerprint density at radius 1 is 1.50 bits per heavy atom. The molecule has 0 aromatic carbocycles. The second-order valence-electron chi connectivity index (χ2n) is 4.02. The molecule has 0 unspecified atom stereocenters. The van der Waals surface area contributed by atoms with Gasteiger partial charge in [0.05, 0.1) is 12.6 Å². The summed E-state index contributed by atoms with van der Waals surface area (Å²) in [5, 5.41) is 3.20. The molecule has 0 spiro atoms. The van der Waals surface area contributed by atoms with Crippen LogP contribution in [0.4, 0.5) is 5.82 Å². The second-order valence-corrected chi connectivity index (χ2v) is 4.02. The highest BCUT2D eigenvalue weighted by atomic mass is 16.1. The predicted octanol–water partition coefficient (Wildman–Crippen LogP) is 1.65. The average molecular weight is 222 g/mol. The fraction of sp³-hybridized carbons (Fsp3) is 0.500. The summed E-state index contributed by atoms with van der Waals surface area (Å²) < 4.78 is 2.23. The molecule has 0 radical (unpaired) electrons. The van der Waals surface area contributed by atoms with Crippen molar-refractivity contribution in [1.29, 1.82) is 0 Å². The van der Waals surface area contributed by atoms with Crippen LogP contribution in [0, 0.1) is 0 Å². The van der Waals surface area contributed by atoms with Gasteiger partial charge in [-0.1, -0.05) is 6.07 Å². The Hall–Kier alpha value is -1.58. The molecule has 4 nitrogen and oxygen atoms in total. The van der Waals surface area contributed by atoms with Crippen molar-refractivity contribution >= 4 is 11.7 Å². The van der Waals surface area contributed by atoms with E-state index < -0.39 is 0 Å². The molecule has 0 atom stereocenters. The van der Waals surface area contributed by atoms with Crippen LogP contribution in [0.3, 0.4) is 0 Å². The van der Waals surface area contributed by atoms with Gasteiger partial charge in [-0.3, -0.25) is 14.4 Å². The summed E-state index contributed by atoms with van der Waals surface area (Å²) in [6.45, 7) is 9.34. The number of aromatic amines is 1. The third-order valence-electron chi connectivity index (χ3n) is 2.48. The van der Waals surface area contributed by atoms with Crippen LogP contribution in [0.5, 0.6) is 0 Å². The summed E-state index contributed by atoms with van der Waals surface area (Å²) in [7, 11) is 0. The van der Waals surface area contributed by atoms with Gasteiger partial charge in [-0.2, -0.15) is 0 Å². The summed E-state index contributed by atoms with van der Waals surface area (Å²) in [4.78, 5) is 13.9. The Labute approximate surface area is 96.0 Å². The van der Waals surface area contributed by atoms with E-state index in [9.17, 15) is 4.79 Å². The van der Waals surface area contributed by atoms with E-state index in [1.54, 1.807) is 6.07 Å². The molecule has 0 fully saturated rings. The van der Waals surface area contributed by atoms with Gasteiger partial charge in [-0.25, -0.2) is 5.32 Å². The lowest BCUT2D eigenvalue weighted by Crippen LogP contribution is -2.31. The maximum Gasteiger partial charge on any atom is 0.251 e. The number of hydrogen-bond donors (Lipinski definition) is 2. The molecular weight excluding hydrogens is 202 g/mol. The zero-order valence-electron chi connectivity index (χ0n) is 10.4. The number of aromatic nitrogens is 1. The van der Waals surface area contributed by atoms with Gasteiger partial charge in [0.15, 0.2) is 5.82 Å². The first kappa shape index (κ1) is 12.5. The molecule has 4 heteroatoms. The first-order valence-electron chi connectivity index (χ1n) is 5.61. The summed E-state index contributed by atoms with van der Waals surface area (Å²) in [6, 6.07) is 5.52. The summed E-state index contributed by atoms with van der Waals surface area (Å²) in [5.74, 6) is 1.77. The quantitative estimate of drug-likeness (QED) is 0.464. The number of amidine groups is 1. The van der Waals surface area contributed by atoms with Gasteiger partial charge in [0.2, 0.25) is 5.84 Å². The van der Waals surface area contributed by atoms with Gasteiger partial charge in [-0.05, 0) is 20.8 Å². The molecule has 2 N–H and O–H groups in total. The Balaban J connectivity index is 2.92. The van der Waals surface area contributed by atoms with Crippen molar-refractivity contribution in [3.05, 3.63) is 28.6 Å². The standard InChI is InChI=1S/C12H19N3O/c1-5-15(9(2)3)10(4)13-11-7-6-8-12(16)14-11/h6-9H,5H2,1-4H3,(H,14,16)/p+1. The van der Waals surface area contributed by atoms with Crippen molar-refractivity contribution in [2.75, 3.05) is 11.9 Å². The van der Waals surface area contributed by atoms with Crippen LogP contribution < -0.4 is 10.9 Å². The fourth-order valence-electron chi connectivity index (χ4n) is 1.78. The van der Waals surface area contributed by atoms with Crippen LogP contribution in [0.2, 0.25) is 0 Å². The van der Waals surface area contributed by atoms with E-state index in [4.69, 9.17) is 0 Å². The SMILES string of the molecule is CC[N+](=C(C)Nc1cccc(=O)[nH]1)C(C)C. The minimum atomic E-state index is -0.0922. The van der Waals surface area contributed by atoms with Crippen LogP contribution in [-0.2, 0) is 0 Å².